The molecule has 2 heteroatoms. The molecule has 0 bridgehead atoms. The maximum absolute atomic E-state index is 4.64. The highest BCUT2D eigenvalue weighted by molar-refractivity contribution is 6.15. The van der Waals surface area contributed by atoms with Crippen molar-refractivity contribution in [3.63, 3.8) is 0 Å². The van der Waals surface area contributed by atoms with Gasteiger partial charge in [0.25, 0.3) is 0 Å². The van der Waals surface area contributed by atoms with E-state index in [2.05, 4.69) is 23.5 Å². The molecule has 0 unspecified atom stereocenters. The first-order chi connectivity index (χ1) is 4.93. The normalized spacial score (nSPS) is 7.90. The monoisotopic (exact) mass is 157 g/mol. The van der Waals surface area contributed by atoms with Crippen LogP contribution in [0.5, 0.6) is 0 Å². The van der Waals surface area contributed by atoms with Gasteiger partial charge in [0.1, 0.15) is 0 Å². The van der Waals surface area contributed by atoms with Crippen molar-refractivity contribution >= 4 is 11.6 Å². The minimum absolute atomic E-state index is 1.10. The van der Waals surface area contributed by atoms with Crippen LogP contribution in [0.1, 0.15) is 12.5 Å². The molecule has 0 fully saturated rings. The number of aryl methyl sites for hydroxylation is 1. The predicted octanol–water partition coefficient (Wildman–Crippen LogP) is 2.50. The highest BCUT2D eigenvalue weighted by atomic mass is 35.5. The Labute approximate surface area is 67.1 Å². The smallest absolute Gasteiger partial charge is 0.0270 e. The summed E-state index contributed by atoms with van der Waals surface area (Å²) in [6.45, 7) is 2.13. The quantitative estimate of drug-likeness (QED) is 0.571. The summed E-state index contributed by atoms with van der Waals surface area (Å²) < 4.78 is 0. The van der Waals surface area contributed by atoms with Crippen LogP contribution in [-0.2, 0) is 6.42 Å². The van der Waals surface area contributed by atoms with Crippen molar-refractivity contribution in [1.29, 1.82) is 0 Å². The van der Waals surface area contributed by atoms with Crippen molar-refractivity contribution in [2.24, 2.45) is 0 Å². The van der Waals surface area contributed by atoms with Crippen molar-refractivity contribution in [2.45, 2.75) is 13.3 Å². The molecular weight excluding hydrogens is 146 g/mol. The van der Waals surface area contributed by atoms with Gasteiger partial charge in [0.05, 0.1) is 0 Å². The summed E-state index contributed by atoms with van der Waals surface area (Å²) >= 11 is 4.64. The van der Waals surface area contributed by atoms with Gasteiger partial charge in [0, 0.05) is 18.8 Å². The van der Waals surface area contributed by atoms with Crippen molar-refractivity contribution in [3.8, 4) is 0 Å². The fourth-order valence-electron chi connectivity index (χ4n) is 0.618. The Kier molecular flexibility index (Phi) is 6.19. The van der Waals surface area contributed by atoms with Crippen LogP contribution in [0.2, 0.25) is 0 Å². The highest BCUT2D eigenvalue weighted by Crippen LogP contribution is 1.94. The van der Waals surface area contributed by atoms with Crippen molar-refractivity contribution in [2.75, 3.05) is 6.38 Å². The summed E-state index contributed by atoms with van der Waals surface area (Å²) in [5, 5.41) is 0. The van der Waals surface area contributed by atoms with Gasteiger partial charge >= 0.3 is 0 Å². The van der Waals surface area contributed by atoms with E-state index in [9.17, 15) is 0 Å². The molecule has 0 aliphatic heterocycles. The molecule has 10 heavy (non-hydrogen) atoms. The van der Waals surface area contributed by atoms with E-state index in [-0.39, 0.29) is 0 Å². The van der Waals surface area contributed by atoms with Gasteiger partial charge in [0.15, 0.2) is 0 Å². The summed E-state index contributed by atoms with van der Waals surface area (Å²) in [6.07, 6.45) is 6.21. The summed E-state index contributed by atoms with van der Waals surface area (Å²) in [4.78, 5) is 3.89. The molecule has 1 nitrogen and oxygen atoms in total. The number of hydrogen-bond acceptors (Lipinski definition) is 1. The van der Waals surface area contributed by atoms with Crippen LogP contribution in [0, 0.1) is 0 Å². The van der Waals surface area contributed by atoms with Gasteiger partial charge in [-0.3, -0.25) is 4.98 Å². The zero-order valence-electron chi connectivity index (χ0n) is 6.34. The molecule has 0 atom stereocenters. The zero-order valence-corrected chi connectivity index (χ0v) is 7.10. The molecule has 0 spiro atoms. The van der Waals surface area contributed by atoms with Gasteiger partial charge in [-0.25, -0.2) is 0 Å². The highest BCUT2D eigenvalue weighted by Gasteiger charge is 1.80. The third-order valence-electron chi connectivity index (χ3n) is 1.16. The number of nitrogens with zero attached hydrogens (tertiary/aromatic N) is 1. The fraction of sp³-hybridized carbons (Fsp3) is 0.375. The fourth-order valence-corrected chi connectivity index (χ4v) is 0.618. The Morgan fingerprint density at radius 3 is 2.10 bits per heavy atom. The van der Waals surface area contributed by atoms with Crippen LogP contribution in [0.4, 0.5) is 0 Å². The Balaban J connectivity index is 0.000000371. The molecule has 1 aromatic rings. The Morgan fingerprint density at radius 1 is 1.30 bits per heavy atom. The Morgan fingerprint density at radius 2 is 1.80 bits per heavy atom. The van der Waals surface area contributed by atoms with Crippen LogP contribution >= 0.6 is 11.6 Å². The molecule has 0 saturated carbocycles. The van der Waals surface area contributed by atoms with Gasteiger partial charge < -0.3 is 0 Å². The van der Waals surface area contributed by atoms with Crippen LogP contribution in [0.25, 0.3) is 0 Å². The van der Waals surface area contributed by atoms with Gasteiger partial charge in [-0.2, -0.15) is 0 Å². The maximum atomic E-state index is 4.64. The van der Waals surface area contributed by atoms with Crippen LogP contribution in [-0.4, -0.2) is 11.4 Å². The van der Waals surface area contributed by atoms with E-state index in [1.807, 2.05) is 24.5 Å². The SMILES string of the molecule is CCc1ccncc1.CCl. The van der Waals surface area contributed by atoms with E-state index in [0.29, 0.717) is 0 Å². The van der Waals surface area contributed by atoms with Crippen LogP contribution in [0.3, 0.4) is 0 Å². The Hall–Kier alpha value is -0.560. The maximum Gasteiger partial charge on any atom is 0.0270 e. The molecule has 1 rings (SSSR count). The molecule has 1 aromatic heterocycles. The first-order valence-electron chi connectivity index (χ1n) is 3.20. The first-order valence-corrected chi connectivity index (χ1v) is 3.95. The lowest BCUT2D eigenvalue weighted by molar-refractivity contribution is 1.12. The molecule has 0 aromatic carbocycles. The lowest BCUT2D eigenvalue weighted by Gasteiger charge is -1.89. The second kappa shape index (κ2) is 6.56. The predicted molar refractivity (Wildman–Crippen MR) is 45.4 cm³/mol. The molecule has 1 heterocycles. The number of halogens is 1. The third-order valence-corrected chi connectivity index (χ3v) is 1.16. The lowest BCUT2D eigenvalue weighted by Crippen LogP contribution is -1.76. The van der Waals surface area contributed by atoms with Crippen LogP contribution in [0.15, 0.2) is 24.5 Å². The average Bonchev–Trinajstić information content (AvgIpc) is 2.10. The summed E-state index contributed by atoms with van der Waals surface area (Å²) in [7, 11) is 0. The van der Waals surface area contributed by atoms with Gasteiger partial charge in [-0.1, -0.05) is 6.92 Å². The largest absolute Gasteiger partial charge is 0.265 e. The second-order valence-corrected chi connectivity index (χ2v) is 1.71. The topological polar surface area (TPSA) is 12.9 Å². The molecule has 0 aliphatic carbocycles. The molecule has 0 amide bonds. The van der Waals surface area contributed by atoms with Crippen molar-refractivity contribution in [1.82, 2.24) is 4.98 Å². The molecule has 0 N–H and O–H groups in total. The van der Waals surface area contributed by atoms with Gasteiger partial charge in [-0.05, 0) is 24.1 Å². The van der Waals surface area contributed by atoms with E-state index in [4.69, 9.17) is 0 Å². The summed E-state index contributed by atoms with van der Waals surface area (Å²) in [5.74, 6) is 0. The second-order valence-electron chi connectivity index (χ2n) is 1.71. The number of pyridine rings is 1. The average molecular weight is 158 g/mol. The van der Waals surface area contributed by atoms with E-state index < -0.39 is 0 Å². The molecule has 0 aliphatic rings. The van der Waals surface area contributed by atoms with Crippen molar-refractivity contribution in [3.05, 3.63) is 30.1 Å². The third kappa shape index (κ3) is 3.46. The minimum Gasteiger partial charge on any atom is -0.265 e. The van der Waals surface area contributed by atoms with Gasteiger partial charge in [0.2, 0.25) is 0 Å². The number of alkyl halides is 1. The first kappa shape index (κ1) is 9.44. The zero-order chi connectivity index (χ0) is 7.82. The number of hydrogen-bond donors (Lipinski definition) is 0. The molecule has 0 saturated heterocycles. The van der Waals surface area contributed by atoms with E-state index in [0.717, 1.165) is 6.42 Å². The lowest BCUT2D eigenvalue weighted by atomic mass is 10.2. The van der Waals surface area contributed by atoms with Crippen molar-refractivity contribution < 1.29 is 0 Å². The van der Waals surface area contributed by atoms with E-state index >= 15 is 0 Å². The molecular formula is C8H12ClN. The van der Waals surface area contributed by atoms with E-state index in [1.54, 1.807) is 0 Å². The number of rotatable bonds is 1. The van der Waals surface area contributed by atoms with Gasteiger partial charge in [-0.15, -0.1) is 11.6 Å². The van der Waals surface area contributed by atoms with Crippen LogP contribution < -0.4 is 0 Å². The standard InChI is InChI=1S/C7H9N.CH3Cl/c1-2-7-3-5-8-6-4-7;1-2/h3-6H,2H2,1H3;1H3. The summed E-state index contributed by atoms with van der Waals surface area (Å²) in [5.41, 5.74) is 1.35. The Bertz CT molecular complexity index is 151. The number of aromatic nitrogens is 1. The minimum atomic E-state index is 1.10. The molecule has 56 valence electrons. The van der Waals surface area contributed by atoms with E-state index in [1.165, 1.54) is 11.9 Å². The summed E-state index contributed by atoms with van der Waals surface area (Å²) in [6, 6.07) is 4.06. The molecule has 0 radical (unpaired) electrons.